The SMILES string of the molecule is N#CCC(N)c1cccc2cc[nH]c12. The summed E-state index contributed by atoms with van der Waals surface area (Å²) in [5.74, 6) is 0. The number of aromatic nitrogens is 1. The molecule has 3 N–H and O–H groups in total. The van der Waals surface area contributed by atoms with E-state index in [2.05, 4.69) is 11.1 Å². The molecule has 1 heterocycles. The second kappa shape index (κ2) is 3.52. The summed E-state index contributed by atoms with van der Waals surface area (Å²) < 4.78 is 0. The molecule has 0 radical (unpaired) electrons. The van der Waals surface area contributed by atoms with Crippen molar-refractivity contribution in [3.8, 4) is 6.07 Å². The number of aromatic amines is 1. The van der Waals surface area contributed by atoms with Gasteiger partial charge in [-0.3, -0.25) is 0 Å². The Morgan fingerprint density at radius 1 is 1.43 bits per heavy atom. The van der Waals surface area contributed by atoms with Crippen LogP contribution in [0.2, 0.25) is 0 Å². The van der Waals surface area contributed by atoms with E-state index in [-0.39, 0.29) is 6.04 Å². The topological polar surface area (TPSA) is 65.6 Å². The lowest BCUT2D eigenvalue weighted by molar-refractivity contribution is 0.754. The van der Waals surface area contributed by atoms with Gasteiger partial charge in [-0.15, -0.1) is 0 Å². The molecule has 0 saturated heterocycles. The lowest BCUT2D eigenvalue weighted by Gasteiger charge is -2.08. The molecule has 1 aromatic carbocycles. The third-order valence-corrected chi connectivity index (χ3v) is 2.33. The molecule has 70 valence electrons. The maximum atomic E-state index is 8.58. The van der Waals surface area contributed by atoms with Crippen LogP contribution in [0, 0.1) is 11.3 Å². The van der Waals surface area contributed by atoms with Crippen LogP contribution < -0.4 is 5.73 Å². The number of nitrogens with one attached hydrogen (secondary N) is 1. The molecular weight excluding hydrogens is 174 g/mol. The van der Waals surface area contributed by atoms with Gasteiger partial charge >= 0.3 is 0 Å². The summed E-state index contributed by atoms with van der Waals surface area (Å²) >= 11 is 0. The number of hydrogen-bond donors (Lipinski definition) is 2. The fourth-order valence-corrected chi connectivity index (χ4v) is 1.63. The van der Waals surface area contributed by atoms with Crippen LogP contribution in [0.5, 0.6) is 0 Å². The lowest BCUT2D eigenvalue weighted by atomic mass is 10.0. The molecule has 0 amide bonds. The van der Waals surface area contributed by atoms with Gasteiger partial charge in [0.15, 0.2) is 0 Å². The van der Waals surface area contributed by atoms with Gasteiger partial charge in [0.1, 0.15) is 0 Å². The summed E-state index contributed by atoms with van der Waals surface area (Å²) in [4.78, 5) is 3.14. The fraction of sp³-hybridized carbons (Fsp3) is 0.182. The number of nitrogens with two attached hydrogens (primary N) is 1. The second-order valence-corrected chi connectivity index (χ2v) is 3.26. The summed E-state index contributed by atoms with van der Waals surface area (Å²) in [6.45, 7) is 0. The van der Waals surface area contributed by atoms with Crippen LogP contribution >= 0.6 is 0 Å². The van der Waals surface area contributed by atoms with Crippen molar-refractivity contribution in [1.82, 2.24) is 4.98 Å². The zero-order valence-electron chi connectivity index (χ0n) is 7.70. The summed E-state index contributed by atoms with van der Waals surface area (Å²) in [6.07, 6.45) is 2.23. The Balaban J connectivity index is 2.51. The number of benzene rings is 1. The molecule has 0 bridgehead atoms. The predicted molar refractivity (Wildman–Crippen MR) is 55.5 cm³/mol. The second-order valence-electron chi connectivity index (χ2n) is 3.26. The number of hydrogen-bond acceptors (Lipinski definition) is 2. The van der Waals surface area contributed by atoms with Gasteiger partial charge in [-0.1, -0.05) is 18.2 Å². The van der Waals surface area contributed by atoms with Crippen LogP contribution in [0.15, 0.2) is 30.5 Å². The zero-order chi connectivity index (χ0) is 9.97. The molecule has 0 aliphatic heterocycles. The average molecular weight is 185 g/mol. The highest BCUT2D eigenvalue weighted by atomic mass is 14.7. The van der Waals surface area contributed by atoms with E-state index in [4.69, 9.17) is 11.0 Å². The van der Waals surface area contributed by atoms with Crippen molar-refractivity contribution in [3.05, 3.63) is 36.0 Å². The number of para-hydroxylation sites is 1. The van der Waals surface area contributed by atoms with Crippen LogP contribution in [0.3, 0.4) is 0 Å². The van der Waals surface area contributed by atoms with E-state index in [0.29, 0.717) is 6.42 Å². The molecule has 0 saturated carbocycles. The minimum absolute atomic E-state index is 0.206. The van der Waals surface area contributed by atoms with E-state index >= 15 is 0 Å². The molecule has 0 spiro atoms. The van der Waals surface area contributed by atoms with Crippen molar-refractivity contribution >= 4 is 10.9 Å². The summed E-state index contributed by atoms with van der Waals surface area (Å²) in [7, 11) is 0. The standard InChI is InChI=1S/C11H11N3/c12-6-4-10(13)9-3-1-2-8-5-7-14-11(8)9/h1-3,5,7,10,14H,4,13H2. The van der Waals surface area contributed by atoms with Crippen LogP contribution in [0.1, 0.15) is 18.0 Å². The molecule has 0 aliphatic carbocycles. The largest absolute Gasteiger partial charge is 0.361 e. The van der Waals surface area contributed by atoms with Crippen molar-refractivity contribution in [2.45, 2.75) is 12.5 Å². The Hall–Kier alpha value is -1.79. The van der Waals surface area contributed by atoms with E-state index in [0.717, 1.165) is 16.5 Å². The monoisotopic (exact) mass is 185 g/mol. The first kappa shape index (κ1) is 8.79. The van der Waals surface area contributed by atoms with Gasteiger partial charge in [0.05, 0.1) is 18.0 Å². The average Bonchev–Trinajstić information content (AvgIpc) is 2.65. The molecule has 1 atom stereocenters. The highest BCUT2D eigenvalue weighted by molar-refractivity contribution is 5.82. The number of rotatable bonds is 2. The Morgan fingerprint density at radius 2 is 2.29 bits per heavy atom. The predicted octanol–water partition coefficient (Wildman–Crippen LogP) is 2.08. The number of nitriles is 1. The van der Waals surface area contributed by atoms with Gasteiger partial charge in [0, 0.05) is 12.2 Å². The molecule has 2 aromatic rings. The van der Waals surface area contributed by atoms with Crippen LogP contribution in [0.4, 0.5) is 0 Å². The maximum absolute atomic E-state index is 8.58. The van der Waals surface area contributed by atoms with Crippen molar-refractivity contribution in [3.63, 3.8) is 0 Å². The van der Waals surface area contributed by atoms with Crippen molar-refractivity contribution < 1.29 is 0 Å². The van der Waals surface area contributed by atoms with Gasteiger partial charge in [-0.25, -0.2) is 0 Å². The van der Waals surface area contributed by atoms with Gasteiger partial charge in [-0.05, 0) is 17.0 Å². The molecule has 3 nitrogen and oxygen atoms in total. The lowest BCUT2D eigenvalue weighted by Crippen LogP contribution is -2.09. The Bertz CT molecular complexity index is 478. The minimum atomic E-state index is -0.206. The highest BCUT2D eigenvalue weighted by Crippen LogP contribution is 2.23. The normalized spacial score (nSPS) is 12.6. The van der Waals surface area contributed by atoms with Gasteiger partial charge in [-0.2, -0.15) is 5.26 Å². The molecule has 0 fully saturated rings. The van der Waals surface area contributed by atoms with Crippen LogP contribution in [0.25, 0.3) is 10.9 Å². The van der Waals surface area contributed by atoms with Crippen LogP contribution in [-0.4, -0.2) is 4.98 Å². The van der Waals surface area contributed by atoms with Crippen LogP contribution in [-0.2, 0) is 0 Å². The molecule has 0 aliphatic rings. The van der Waals surface area contributed by atoms with E-state index in [1.807, 2.05) is 30.5 Å². The first-order valence-corrected chi connectivity index (χ1v) is 4.51. The Morgan fingerprint density at radius 3 is 3.07 bits per heavy atom. The van der Waals surface area contributed by atoms with E-state index in [1.165, 1.54) is 0 Å². The van der Waals surface area contributed by atoms with Gasteiger partial charge in [0.2, 0.25) is 0 Å². The number of H-pyrrole nitrogens is 1. The highest BCUT2D eigenvalue weighted by Gasteiger charge is 2.09. The molecule has 3 heteroatoms. The smallest absolute Gasteiger partial charge is 0.0641 e. The van der Waals surface area contributed by atoms with Crippen molar-refractivity contribution in [1.29, 1.82) is 5.26 Å². The number of nitrogens with zero attached hydrogens (tertiary/aromatic N) is 1. The molecule has 2 rings (SSSR count). The molecule has 1 aromatic heterocycles. The summed E-state index contributed by atoms with van der Waals surface area (Å²) in [5.41, 5.74) is 7.93. The van der Waals surface area contributed by atoms with Crippen molar-refractivity contribution in [2.24, 2.45) is 5.73 Å². The third-order valence-electron chi connectivity index (χ3n) is 2.33. The summed E-state index contributed by atoms with van der Waals surface area (Å²) in [5, 5.41) is 9.72. The Labute approximate surface area is 82.1 Å². The zero-order valence-corrected chi connectivity index (χ0v) is 7.70. The third kappa shape index (κ3) is 1.36. The first-order chi connectivity index (χ1) is 6.83. The van der Waals surface area contributed by atoms with Crippen molar-refractivity contribution in [2.75, 3.05) is 0 Å². The first-order valence-electron chi connectivity index (χ1n) is 4.51. The maximum Gasteiger partial charge on any atom is 0.0641 e. The van der Waals surface area contributed by atoms with E-state index < -0.39 is 0 Å². The van der Waals surface area contributed by atoms with Gasteiger partial charge < -0.3 is 10.7 Å². The van der Waals surface area contributed by atoms with E-state index in [9.17, 15) is 0 Å². The van der Waals surface area contributed by atoms with E-state index in [1.54, 1.807) is 0 Å². The van der Waals surface area contributed by atoms with Gasteiger partial charge in [0.25, 0.3) is 0 Å². The molecule has 14 heavy (non-hydrogen) atoms. The summed E-state index contributed by atoms with van der Waals surface area (Å²) in [6, 6.07) is 9.82. The molecule has 1 unspecified atom stereocenters. The number of fused-ring (bicyclic) bond motifs is 1. The Kier molecular flexibility index (Phi) is 2.21. The molecular formula is C11H11N3. The quantitative estimate of drug-likeness (QED) is 0.752. The minimum Gasteiger partial charge on any atom is -0.361 e. The fourth-order valence-electron chi connectivity index (χ4n) is 1.63.